The smallest absolute Gasteiger partial charge is 0.102 e. The van der Waals surface area contributed by atoms with E-state index in [9.17, 15) is 0 Å². The zero-order valence-electron chi connectivity index (χ0n) is 5.84. The van der Waals surface area contributed by atoms with Crippen molar-refractivity contribution >= 4 is 23.4 Å². The van der Waals surface area contributed by atoms with Crippen molar-refractivity contribution in [2.24, 2.45) is 0 Å². The number of pyridine rings is 1. The molecule has 0 spiro atoms. The molecule has 56 valence electrons. The zero-order chi connectivity index (χ0) is 8.27. The average molecular weight is 185 g/mol. The molecule has 1 aromatic rings. The topological polar surface area (TPSA) is 36.7 Å². The number of rotatable bonds is 1. The highest BCUT2D eigenvalue weighted by Gasteiger charge is 2.04. The molecule has 0 amide bonds. The molecule has 2 nitrogen and oxygen atoms in total. The molecule has 0 aromatic carbocycles. The Balaban J connectivity index is 3.27. The summed E-state index contributed by atoms with van der Waals surface area (Å²) in [5, 5.41) is 9.07. The first kappa shape index (κ1) is 8.38. The Kier molecular flexibility index (Phi) is 2.75. The van der Waals surface area contributed by atoms with Gasteiger partial charge in [0.05, 0.1) is 10.6 Å². The van der Waals surface area contributed by atoms with Crippen LogP contribution in [0.4, 0.5) is 0 Å². The van der Waals surface area contributed by atoms with Gasteiger partial charge in [-0.3, -0.25) is 4.98 Å². The Hall–Kier alpha value is -0.720. The summed E-state index contributed by atoms with van der Waals surface area (Å²) >= 11 is 7.17. The summed E-state index contributed by atoms with van der Waals surface area (Å²) in [6, 6.07) is 2.02. The van der Waals surface area contributed by atoms with Crippen molar-refractivity contribution in [1.82, 2.24) is 4.98 Å². The second-order valence-electron chi connectivity index (χ2n) is 1.81. The quantitative estimate of drug-likeness (QED) is 0.629. The molecule has 0 N–H and O–H groups in total. The minimum absolute atomic E-state index is 0.416. The third kappa shape index (κ3) is 1.65. The molecule has 0 unspecified atom stereocenters. The SMILES string of the molecule is CSc1cncc(Cl)c1C#N. The molecule has 0 fully saturated rings. The van der Waals surface area contributed by atoms with Crippen molar-refractivity contribution in [2.45, 2.75) is 4.90 Å². The molecular weight excluding hydrogens is 180 g/mol. The predicted molar refractivity (Wildman–Crippen MR) is 45.7 cm³/mol. The van der Waals surface area contributed by atoms with Crippen molar-refractivity contribution in [3.05, 3.63) is 23.0 Å². The Bertz CT molecular complexity index is 306. The summed E-state index contributed by atoms with van der Waals surface area (Å²) in [4.78, 5) is 4.68. The van der Waals surface area contributed by atoms with Crippen molar-refractivity contribution in [1.29, 1.82) is 5.26 Å². The molecule has 4 heteroatoms. The van der Waals surface area contributed by atoms with Crippen LogP contribution in [0.5, 0.6) is 0 Å². The van der Waals surface area contributed by atoms with Gasteiger partial charge < -0.3 is 0 Å². The van der Waals surface area contributed by atoms with Gasteiger partial charge in [0.25, 0.3) is 0 Å². The first-order valence-corrected chi connectivity index (χ1v) is 4.47. The van der Waals surface area contributed by atoms with Gasteiger partial charge in [-0.1, -0.05) is 11.6 Å². The van der Waals surface area contributed by atoms with Gasteiger partial charge in [-0.2, -0.15) is 5.26 Å². The zero-order valence-corrected chi connectivity index (χ0v) is 7.41. The summed E-state index contributed by atoms with van der Waals surface area (Å²) in [6.45, 7) is 0. The van der Waals surface area contributed by atoms with E-state index in [0.717, 1.165) is 4.90 Å². The van der Waals surface area contributed by atoms with Gasteiger partial charge in [0, 0.05) is 17.3 Å². The van der Waals surface area contributed by atoms with Crippen LogP contribution in [0.25, 0.3) is 0 Å². The number of nitriles is 1. The van der Waals surface area contributed by atoms with Gasteiger partial charge in [0.2, 0.25) is 0 Å². The van der Waals surface area contributed by atoms with Gasteiger partial charge in [0.15, 0.2) is 0 Å². The van der Waals surface area contributed by atoms with Crippen LogP contribution in [0.15, 0.2) is 17.3 Å². The van der Waals surface area contributed by atoms with E-state index in [1.165, 1.54) is 18.0 Å². The largest absolute Gasteiger partial charge is 0.262 e. The average Bonchev–Trinajstić information content (AvgIpc) is 2.04. The van der Waals surface area contributed by atoms with E-state index < -0.39 is 0 Å². The van der Waals surface area contributed by atoms with Crippen LogP contribution in [0.3, 0.4) is 0 Å². The van der Waals surface area contributed by atoms with E-state index in [1.54, 1.807) is 6.20 Å². The maximum absolute atomic E-state index is 8.65. The Labute approximate surface area is 74.2 Å². The molecule has 1 heterocycles. The van der Waals surface area contributed by atoms with E-state index in [4.69, 9.17) is 16.9 Å². The Morgan fingerprint density at radius 1 is 1.64 bits per heavy atom. The molecule has 1 rings (SSSR count). The lowest BCUT2D eigenvalue weighted by molar-refractivity contribution is 1.21. The number of nitrogens with zero attached hydrogens (tertiary/aromatic N) is 2. The number of aromatic nitrogens is 1. The third-order valence-corrected chi connectivity index (χ3v) is 2.23. The Morgan fingerprint density at radius 3 is 2.82 bits per heavy atom. The fourth-order valence-corrected chi connectivity index (χ4v) is 1.46. The molecule has 0 aliphatic rings. The molecule has 0 saturated carbocycles. The fraction of sp³-hybridized carbons (Fsp3) is 0.143. The summed E-state index contributed by atoms with van der Waals surface area (Å²) < 4.78 is 0. The first-order valence-electron chi connectivity index (χ1n) is 2.87. The maximum Gasteiger partial charge on any atom is 0.102 e. The molecule has 0 aliphatic carbocycles. The van der Waals surface area contributed by atoms with Crippen LogP contribution in [-0.4, -0.2) is 11.2 Å². The van der Waals surface area contributed by atoms with Crippen LogP contribution in [-0.2, 0) is 0 Å². The lowest BCUT2D eigenvalue weighted by atomic mass is 10.3. The van der Waals surface area contributed by atoms with Gasteiger partial charge in [-0.25, -0.2) is 0 Å². The van der Waals surface area contributed by atoms with Crippen LogP contribution in [0, 0.1) is 11.3 Å². The monoisotopic (exact) mass is 184 g/mol. The number of thioether (sulfide) groups is 1. The molecule has 0 atom stereocenters. The van der Waals surface area contributed by atoms with Crippen LogP contribution in [0.2, 0.25) is 5.02 Å². The van der Waals surface area contributed by atoms with E-state index >= 15 is 0 Å². The van der Waals surface area contributed by atoms with Gasteiger partial charge >= 0.3 is 0 Å². The van der Waals surface area contributed by atoms with Crippen molar-refractivity contribution < 1.29 is 0 Å². The minimum Gasteiger partial charge on any atom is -0.262 e. The van der Waals surface area contributed by atoms with Crippen LogP contribution < -0.4 is 0 Å². The standard InChI is InChI=1S/C7H5ClN2S/c1-11-7-4-10-3-6(8)5(7)2-9/h3-4H,1H3. The van der Waals surface area contributed by atoms with Gasteiger partial charge in [-0.05, 0) is 6.26 Å². The maximum atomic E-state index is 8.65. The molecule has 0 radical (unpaired) electrons. The van der Waals surface area contributed by atoms with Crippen LogP contribution >= 0.6 is 23.4 Å². The van der Waals surface area contributed by atoms with Crippen molar-refractivity contribution in [3.63, 3.8) is 0 Å². The van der Waals surface area contributed by atoms with Crippen molar-refractivity contribution in [2.75, 3.05) is 6.26 Å². The summed E-state index contributed by atoms with van der Waals surface area (Å²) in [5.41, 5.74) is 0.508. The summed E-state index contributed by atoms with van der Waals surface area (Å²) in [6.07, 6.45) is 4.99. The highest BCUT2D eigenvalue weighted by atomic mass is 35.5. The lowest BCUT2D eigenvalue weighted by Crippen LogP contribution is -1.83. The summed E-state index contributed by atoms with van der Waals surface area (Å²) in [7, 11) is 0. The molecule has 1 aromatic heterocycles. The molecular formula is C7H5ClN2S. The molecule has 0 saturated heterocycles. The molecule has 0 aliphatic heterocycles. The second-order valence-corrected chi connectivity index (χ2v) is 3.07. The highest BCUT2D eigenvalue weighted by molar-refractivity contribution is 7.98. The normalized spacial score (nSPS) is 9.18. The van der Waals surface area contributed by atoms with Gasteiger partial charge in [0.1, 0.15) is 6.07 Å². The van der Waals surface area contributed by atoms with E-state index in [2.05, 4.69) is 4.98 Å². The fourth-order valence-electron chi connectivity index (χ4n) is 0.680. The lowest BCUT2D eigenvalue weighted by Gasteiger charge is -1.98. The molecule has 11 heavy (non-hydrogen) atoms. The van der Waals surface area contributed by atoms with Crippen molar-refractivity contribution in [3.8, 4) is 6.07 Å². The number of halogens is 1. The first-order chi connectivity index (χ1) is 5.29. The predicted octanol–water partition coefficient (Wildman–Crippen LogP) is 2.33. The van der Waals surface area contributed by atoms with E-state index in [1.807, 2.05) is 12.3 Å². The summed E-state index contributed by atoms with van der Waals surface area (Å²) in [5.74, 6) is 0. The number of hydrogen-bond donors (Lipinski definition) is 0. The van der Waals surface area contributed by atoms with E-state index in [-0.39, 0.29) is 0 Å². The van der Waals surface area contributed by atoms with Crippen LogP contribution in [0.1, 0.15) is 5.56 Å². The minimum atomic E-state index is 0.416. The van der Waals surface area contributed by atoms with Gasteiger partial charge in [-0.15, -0.1) is 11.8 Å². The Morgan fingerprint density at radius 2 is 2.36 bits per heavy atom. The van der Waals surface area contributed by atoms with E-state index in [0.29, 0.717) is 10.6 Å². The molecule has 0 bridgehead atoms. The number of hydrogen-bond acceptors (Lipinski definition) is 3. The second kappa shape index (κ2) is 3.61. The highest BCUT2D eigenvalue weighted by Crippen LogP contribution is 2.24. The third-order valence-electron chi connectivity index (χ3n) is 1.20.